The second kappa shape index (κ2) is 10.1. The number of benzene rings is 2. The van der Waals surface area contributed by atoms with Crippen molar-refractivity contribution in [3.8, 4) is 23.3 Å². The number of alkyl halides is 3. The lowest BCUT2D eigenvalue weighted by Gasteiger charge is -2.13. The van der Waals surface area contributed by atoms with Crippen LogP contribution in [0.25, 0.3) is 0 Å². The summed E-state index contributed by atoms with van der Waals surface area (Å²) in [4.78, 5) is 24.0. The van der Waals surface area contributed by atoms with Crippen LogP contribution in [0.4, 0.5) is 22.0 Å². The third-order valence-electron chi connectivity index (χ3n) is 4.13. The molecular weight excluding hydrogens is 467 g/mol. The number of likely N-dealkylation sites (N-methyl/N-ethyl adjacent to an activating group) is 1. The van der Waals surface area contributed by atoms with Gasteiger partial charge in [0.1, 0.15) is 30.8 Å². The van der Waals surface area contributed by atoms with Crippen molar-refractivity contribution in [1.29, 1.82) is 0 Å². The van der Waals surface area contributed by atoms with Crippen LogP contribution in [0.2, 0.25) is 0 Å². The Kier molecular flexibility index (Phi) is 7.24. The van der Waals surface area contributed by atoms with E-state index in [1.165, 1.54) is 20.2 Å². The van der Waals surface area contributed by atoms with E-state index in [1.807, 2.05) is 0 Å². The highest BCUT2D eigenvalue weighted by molar-refractivity contribution is 6.45. The zero-order chi connectivity index (χ0) is 24.9. The van der Waals surface area contributed by atoms with E-state index in [4.69, 9.17) is 9.47 Å². The zero-order valence-electron chi connectivity index (χ0n) is 17.5. The van der Waals surface area contributed by atoms with E-state index in [2.05, 4.69) is 25.3 Å². The van der Waals surface area contributed by atoms with Crippen molar-refractivity contribution in [3.63, 3.8) is 0 Å². The molecule has 1 amide bonds. The predicted octanol–water partition coefficient (Wildman–Crippen LogP) is 4.45. The Hall–Kier alpha value is -4.29. The predicted molar refractivity (Wildman–Crippen MR) is 108 cm³/mol. The van der Waals surface area contributed by atoms with Gasteiger partial charge in [0, 0.05) is 13.1 Å². The van der Waals surface area contributed by atoms with Crippen molar-refractivity contribution in [2.45, 2.75) is 6.18 Å². The van der Waals surface area contributed by atoms with E-state index in [9.17, 15) is 26.7 Å². The number of aromatic nitrogens is 2. The molecule has 0 saturated heterocycles. The second-order valence-corrected chi connectivity index (χ2v) is 6.37. The summed E-state index contributed by atoms with van der Waals surface area (Å²) >= 11 is 0. The summed E-state index contributed by atoms with van der Waals surface area (Å²) in [5.41, 5.74) is -1.39. The third-order valence-corrected chi connectivity index (χ3v) is 4.13. The van der Waals surface area contributed by atoms with Gasteiger partial charge in [-0.25, -0.2) is 4.39 Å². The lowest BCUT2D eigenvalue weighted by molar-refractivity contribution is -0.137. The molecule has 1 heterocycles. The Labute approximate surface area is 189 Å². The van der Waals surface area contributed by atoms with E-state index in [0.717, 1.165) is 36.7 Å². The fraction of sp³-hybridized carbons (Fsp3) is 0.143. The Morgan fingerprint density at radius 3 is 2.38 bits per heavy atom. The highest BCUT2D eigenvalue weighted by atomic mass is 19.4. The molecule has 0 aliphatic rings. The van der Waals surface area contributed by atoms with Crippen LogP contribution in [0.5, 0.6) is 23.3 Å². The Morgan fingerprint density at radius 2 is 1.74 bits per heavy atom. The van der Waals surface area contributed by atoms with Crippen LogP contribution in [0.15, 0.2) is 53.9 Å². The van der Waals surface area contributed by atoms with Crippen molar-refractivity contribution in [2.75, 3.05) is 14.2 Å². The molecule has 3 rings (SSSR count). The fourth-order valence-corrected chi connectivity index (χ4v) is 2.63. The number of ether oxygens (including phenoxy) is 2. The number of carbonyl (C=O) groups is 1. The molecular formula is C21H15F5N4O4. The first kappa shape index (κ1) is 24.4. The molecule has 0 bridgehead atoms. The molecule has 0 atom stereocenters. The minimum Gasteiger partial charge on any atom is -0.436 e. The molecule has 0 unspecified atom stereocenters. The minimum atomic E-state index is -4.64. The monoisotopic (exact) mass is 482 g/mol. The Bertz CT molecular complexity index is 1230. The van der Waals surface area contributed by atoms with Crippen LogP contribution in [0.1, 0.15) is 11.1 Å². The number of carbonyl (C=O) groups excluding carboxylic acids is 1. The number of amides is 1. The van der Waals surface area contributed by atoms with Crippen molar-refractivity contribution >= 4 is 11.6 Å². The summed E-state index contributed by atoms with van der Waals surface area (Å²) in [5, 5.41) is 5.90. The maximum atomic E-state index is 15.0. The number of rotatable bonds is 7. The Morgan fingerprint density at radius 1 is 1.03 bits per heavy atom. The normalized spacial score (nSPS) is 11.7. The van der Waals surface area contributed by atoms with Crippen molar-refractivity contribution in [2.24, 2.45) is 5.16 Å². The molecule has 0 fully saturated rings. The van der Waals surface area contributed by atoms with Crippen molar-refractivity contribution in [1.82, 2.24) is 15.3 Å². The van der Waals surface area contributed by atoms with E-state index >= 15 is 0 Å². The lowest BCUT2D eigenvalue weighted by Crippen LogP contribution is -2.29. The first-order chi connectivity index (χ1) is 16.1. The van der Waals surface area contributed by atoms with Gasteiger partial charge in [0.15, 0.2) is 5.71 Å². The van der Waals surface area contributed by atoms with Gasteiger partial charge in [-0.2, -0.15) is 27.5 Å². The summed E-state index contributed by atoms with van der Waals surface area (Å²) in [6.45, 7) is 0. The van der Waals surface area contributed by atoms with Crippen LogP contribution in [-0.2, 0) is 15.8 Å². The number of nitrogens with zero attached hydrogens (tertiary/aromatic N) is 3. The van der Waals surface area contributed by atoms with Gasteiger partial charge in [-0.05, 0) is 30.3 Å². The number of hydrogen-bond acceptors (Lipinski definition) is 7. The standard InChI is InChI=1S/C21H15F5N4O4/c1-27-18(31)17(30-32-2)14-7-6-12(22)9-15(14)34-20-16(23)19(28-10-29-20)33-13-5-3-4-11(8-13)21(24,25)26/h3-10H,1-2H3,(H,27,31). The summed E-state index contributed by atoms with van der Waals surface area (Å²) in [6.07, 6.45) is -3.82. The topological polar surface area (TPSA) is 94.9 Å². The molecule has 34 heavy (non-hydrogen) atoms. The average molecular weight is 482 g/mol. The largest absolute Gasteiger partial charge is 0.436 e. The molecule has 13 heteroatoms. The van der Waals surface area contributed by atoms with Crippen molar-refractivity contribution in [3.05, 3.63) is 71.6 Å². The second-order valence-electron chi connectivity index (χ2n) is 6.37. The van der Waals surface area contributed by atoms with Gasteiger partial charge in [-0.1, -0.05) is 11.2 Å². The molecule has 1 aromatic heterocycles. The van der Waals surface area contributed by atoms with Crippen LogP contribution >= 0.6 is 0 Å². The highest BCUT2D eigenvalue weighted by Gasteiger charge is 2.31. The molecule has 2 aromatic carbocycles. The van der Waals surface area contributed by atoms with E-state index in [1.54, 1.807) is 0 Å². The molecule has 178 valence electrons. The average Bonchev–Trinajstić information content (AvgIpc) is 2.80. The molecule has 0 saturated carbocycles. The number of nitrogens with one attached hydrogen (secondary N) is 1. The number of oxime groups is 1. The van der Waals surface area contributed by atoms with Gasteiger partial charge < -0.3 is 19.6 Å². The molecule has 0 spiro atoms. The summed E-state index contributed by atoms with van der Waals surface area (Å²) in [7, 11) is 2.49. The SMILES string of the molecule is CNC(=O)C(=NOC)c1ccc(F)cc1Oc1ncnc(Oc2cccc(C(F)(F)F)c2)c1F. The molecule has 0 aliphatic heterocycles. The third kappa shape index (κ3) is 5.54. The van der Waals surface area contributed by atoms with Gasteiger partial charge in [0.25, 0.3) is 17.7 Å². The van der Waals surface area contributed by atoms with Crippen LogP contribution in [-0.4, -0.2) is 35.7 Å². The number of hydrogen-bond donors (Lipinski definition) is 1. The number of halogens is 5. The van der Waals surface area contributed by atoms with Crippen LogP contribution in [0.3, 0.4) is 0 Å². The first-order valence-electron chi connectivity index (χ1n) is 9.30. The maximum Gasteiger partial charge on any atom is 0.416 e. The summed E-state index contributed by atoms with van der Waals surface area (Å²) < 4.78 is 78.1. The molecule has 8 nitrogen and oxygen atoms in total. The maximum absolute atomic E-state index is 15.0. The van der Waals surface area contributed by atoms with E-state index in [-0.39, 0.29) is 22.8 Å². The highest BCUT2D eigenvalue weighted by Crippen LogP contribution is 2.35. The smallest absolute Gasteiger partial charge is 0.416 e. The van der Waals surface area contributed by atoms with E-state index < -0.39 is 41.0 Å². The quantitative estimate of drug-likeness (QED) is 0.304. The molecule has 0 aliphatic carbocycles. The van der Waals surface area contributed by atoms with Gasteiger partial charge in [0.05, 0.1) is 11.1 Å². The first-order valence-corrected chi connectivity index (χ1v) is 9.30. The summed E-state index contributed by atoms with van der Waals surface area (Å²) in [6, 6.07) is 6.71. The molecule has 1 N–H and O–H groups in total. The molecule has 0 radical (unpaired) electrons. The molecule has 3 aromatic rings. The van der Waals surface area contributed by atoms with Gasteiger partial charge in [0.2, 0.25) is 5.82 Å². The van der Waals surface area contributed by atoms with Gasteiger partial charge in [-0.3, -0.25) is 4.79 Å². The van der Waals surface area contributed by atoms with Crippen molar-refractivity contribution < 1.29 is 41.1 Å². The van der Waals surface area contributed by atoms with Crippen LogP contribution < -0.4 is 14.8 Å². The summed E-state index contributed by atoms with van der Waals surface area (Å²) in [5.74, 6) is -5.00. The van der Waals surface area contributed by atoms with Crippen LogP contribution in [0, 0.1) is 11.6 Å². The minimum absolute atomic E-state index is 0.0686. The van der Waals surface area contributed by atoms with Gasteiger partial charge >= 0.3 is 6.18 Å². The lowest BCUT2D eigenvalue weighted by atomic mass is 10.1. The van der Waals surface area contributed by atoms with E-state index in [0.29, 0.717) is 6.07 Å². The fourth-order valence-electron chi connectivity index (χ4n) is 2.63. The van der Waals surface area contributed by atoms with Gasteiger partial charge in [-0.15, -0.1) is 0 Å². The zero-order valence-corrected chi connectivity index (χ0v) is 17.5. The Balaban J connectivity index is 1.97.